The van der Waals surface area contributed by atoms with E-state index in [9.17, 15) is 9.13 Å². The van der Waals surface area contributed by atoms with Crippen molar-refractivity contribution >= 4 is 15.5 Å². The van der Waals surface area contributed by atoms with E-state index in [0.717, 1.165) is 5.82 Å². The van der Waals surface area contributed by atoms with Crippen LogP contribution in [0.25, 0.3) is 0 Å². The van der Waals surface area contributed by atoms with Crippen LogP contribution in [0.15, 0.2) is 12.4 Å². The van der Waals surface area contributed by atoms with Crippen molar-refractivity contribution in [2.24, 2.45) is 0 Å². The summed E-state index contributed by atoms with van der Waals surface area (Å²) < 4.78 is 27.5. The lowest BCUT2D eigenvalue weighted by atomic mass is 11.3. The quantitative estimate of drug-likeness (QED) is 0.512. The second-order valence-corrected chi connectivity index (χ2v) is 2.94. The average molecular weight is 188 g/mol. The molecule has 0 saturated carbocycles. The maximum Gasteiger partial charge on any atom is 0.466 e. The van der Waals surface area contributed by atoms with Crippen LogP contribution in [-0.2, 0) is 13.7 Å². The normalized spacial score (nSPS) is 9.10. The Hall–Kier alpha value is -0.250. The summed E-state index contributed by atoms with van der Waals surface area (Å²) in [5.41, 5.74) is 0. The lowest BCUT2D eigenvalue weighted by molar-refractivity contribution is 0.275. The summed E-state index contributed by atoms with van der Waals surface area (Å²) in [4.78, 5) is 21.6. The van der Waals surface area contributed by atoms with Crippen LogP contribution in [0.2, 0.25) is 0 Å². The lowest BCUT2D eigenvalue weighted by Gasteiger charge is -1.82. The molecule has 0 aromatic carbocycles. The number of hydrogen-bond acceptors (Lipinski definition) is 3. The first-order valence-corrected chi connectivity index (χ1v) is 4.63. The summed E-state index contributed by atoms with van der Waals surface area (Å²) in [6.45, 7) is 2.96. The fourth-order valence-electron chi connectivity index (χ4n) is 0. The smallest absolute Gasteiger partial charge is 0.303 e. The summed E-state index contributed by atoms with van der Waals surface area (Å²) in [7, 11) is -6.97. The highest BCUT2D eigenvalue weighted by molar-refractivity contribution is 7.45. The number of phosphoric acid groups is 1. The Morgan fingerprint density at radius 1 is 1.30 bits per heavy atom. The van der Waals surface area contributed by atoms with E-state index in [1.807, 2.05) is 0 Å². The van der Waals surface area contributed by atoms with Crippen molar-refractivity contribution in [3.8, 4) is 0 Å². The van der Waals surface area contributed by atoms with Gasteiger partial charge in [0.15, 0.2) is 0 Å². The summed E-state index contributed by atoms with van der Waals surface area (Å²) >= 11 is 0. The molecule has 0 fully saturated rings. The van der Waals surface area contributed by atoms with Gasteiger partial charge in [0.2, 0.25) is 0 Å². The first-order chi connectivity index (χ1) is 4.27. The van der Waals surface area contributed by atoms with Crippen molar-refractivity contribution in [1.82, 2.24) is 0 Å². The molecule has 0 unspecified atom stereocenters. The fraction of sp³-hybridized carbons (Fsp3) is 0. The van der Waals surface area contributed by atoms with Crippen LogP contribution in [0.5, 0.6) is 0 Å². The molecule has 0 aromatic rings. The molecule has 0 aromatic heterocycles. The molecule has 0 heterocycles. The van der Waals surface area contributed by atoms with Gasteiger partial charge in [0.05, 0.1) is 0 Å². The topological polar surface area (TPSA) is 112 Å². The van der Waals surface area contributed by atoms with Crippen LogP contribution in [0.1, 0.15) is 0 Å². The highest BCUT2D eigenvalue weighted by atomic mass is 31.2. The summed E-state index contributed by atoms with van der Waals surface area (Å²) in [6.07, 6.45) is 0. The fourth-order valence-corrected chi connectivity index (χ4v) is 0. The molecule has 0 atom stereocenters. The van der Waals surface area contributed by atoms with E-state index in [4.69, 9.17) is 19.2 Å². The standard InChI is InChI=1S/C2H3O2P.H3O4P/c1-2-5(3)4;1-5(2,3)4/h2H,1H2;(H3,1,2,3,4). The zero-order chi connectivity index (χ0) is 8.78. The Morgan fingerprint density at radius 2 is 1.40 bits per heavy atom. The van der Waals surface area contributed by atoms with Crippen LogP contribution in [0.3, 0.4) is 0 Å². The highest BCUT2D eigenvalue weighted by Crippen LogP contribution is 2.25. The van der Waals surface area contributed by atoms with Gasteiger partial charge in [-0.05, 0) is 0 Å². The van der Waals surface area contributed by atoms with Gasteiger partial charge in [-0.3, -0.25) is 0 Å². The van der Waals surface area contributed by atoms with Crippen LogP contribution in [0, 0.1) is 0 Å². The largest absolute Gasteiger partial charge is 0.466 e. The molecule has 0 saturated heterocycles. The molecule has 0 bridgehead atoms. The van der Waals surface area contributed by atoms with E-state index in [1.165, 1.54) is 0 Å². The van der Waals surface area contributed by atoms with Crippen molar-refractivity contribution in [2.75, 3.05) is 0 Å². The minimum absolute atomic E-state index is 0.870. The van der Waals surface area contributed by atoms with Gasteiger partial charge in [0.1, 0.15) is 0 Å². The molecule has 8 heteroatoms. The van der Waals surface area contributed by atoms with E-state index >= 15 is 0 Å². The van der Waals surface area contributed by atoms with Crippen LogP contribution >= 0.6 is 15.5 Å². The Labute approximate surface area is 57.3 Å². The molecule has 60 valence electrons. The third-order valence-electron chi connectivity index (χ3n) is 0.149. The highest BCUT2D eigenvalue weighted by Gasteiger charge is 2.00. The Morgan fingerprint density at radius 3 is 1.40 bits per heavy atom. The van der Waals surface area contributed by atoms with E-state index < -0.39 is 15.5 Å². The van der Waals surface area contributed by atoms with Crippen molar-refractivity contribution in [2.45, 2.75) is 0 Å². The number of rotatable bonds is 1. The van der Waals surface area contributed by atoms with E-state index in [0.29, 0.717) is 0 Å². The Bertz CT molecular complexity index is 182. The average Bonchev–Trinajstić information content (AvgIpc) is 1.61. The van der Waals surface area contributed by atoms with E-state index in [-0.39, 0.29) is 0 Å². The van der Waals surface area contributed by atoms with Gasteiger partial charge in [0, 0.05) is 5.82 Å². The van der Waals surface area contributed by atoms with E-state index in [2.05, 4.69) is 6.58 Å². The summed E-state index contributed by atoms with van der Waals surface area (Å²) in [6, 6.07) is 0. The molecule has 10 heavy (non-hydrogen) atoms. The first kappa shape index (κ1) is 12.4. The summed E-state index contributed by atoms with van der Waals surface area (Å²) in [5, 5.41) is 0. The van der Waals surface area contributed by atoms with Crippen molar-refractivity contribution in [3.05, 3.63) is 12.4 Å². The maximum absolute atomic E-state index is 9.29. The monoisotopic (exact) mass is 188 g/mol. The SMILES string of the molecule is C=CP(=O)=O.O=P(O)(O)O. The summed E-state index contributed by atoms with van der Waals surface area (Å²) in [5.74, 6) is 0.870. The minimum atomic E-state index is -4.64. The molecular weight excluding hydrogens is 182 g/mol. The Balaban J connectivity index is 0. The molecule has 3 N–H and O–H groups in total. The predicted octanol–water partition coefficient (Wildman–Crippen LogP) is 0.374. The molecule has 0 spiro atoms. The van der Waals surface area contributed by atoms with Crippen LogP contribution in [-0.4, -0.2) is 14.7 Å². The minimum Gasteiger partial charge on any atom is -0.303 e. The van der Waals surface area contributed by atoms with Gasteiger partial charge in [0.25, 0.3) is 0 Å². The molecule has 0 aliphatic heterocycles. The second kappa shape index (κ2) is 5.53. The maximum atomic E-state index is 9.29. The molecule has 0 aliphatic rings. The van der Waals surface area contributed by atoms with Crippen molar-refractivity contribution in [1.29, 1.82) is 0 Å². The van der Waals surface area contributed by atoms with E-state index in [1.54, 1.807) is 0 Å². The molecular formula is C2H6O6P2. The lowest BCUT2D eigenvalue weighted by Crippen LogP contribution is -1.66. The van der Waals surface area contributed by atoms with Crippen LogP contribution < -0.4 is 0 Å². The van der Waals surface area contributed by atoms with Gasteiger partial charge in [-0.15, -0.1) is 0 Å². The molecule has 0 rings (SSSR count). The van der Waals surface area contributed by atoms with Crippen molar-refractivity contribution < 1.29 is 28.4 Å². The predicted molar refractivity (Wildman–Crippen MR) is 32.8 cm³/mol. The zero-order valence-electron chi connectivity index (χ0n) is 4.75. The Kier molecular flexibility index (Phi) is 6.87. The molecule has 0 amide bonds. The molecule has 0 aliphatic carbocycles. The number of hydrogen-bond donors (Lipinski definition) is 3. The van der Waals surface area contributed by atoms with Gasteiger partial charge >= 0.3 is 15.5 Å². The molecule has 0 radical (unpaired) electrons. The third kappa shape index (κ3) is 115. The van der Waals surface area contributed by atoms with Gasteiger partial charge in [-0.1, -0.05) is 6.58 Å². The van der Waals surface area contributed by atoms with Gasteiger partial charge < -0.3 is 14.7 Å². The van der Waals surface area contributed by atoms with Crippen LogP contribution in [0.4, 0.5) is 0 Å². The van der Waals surface area contributed by atoms with Gasteiger partial charge in [-0.25, -0.2) is 13.7 Å². The second-order valence-electron chi connectivity index (χ2n) is 0.981. The third-order valence-corrected chi connectivity index (χ3v) is 0.447. The first-order valence-electron chi connectivity index (χ1n) is 1.81. The van der Waals surface area contributed by atoms with Crippen molar-refractivity contribution in [3.63, 3.8) is 0 Å². The zero-order valence-corrected chi connectivity index (χ0v) is 6.53. The van der Waals surface area contributed by atoms with Gasteiger partial charge in [-0.2, -0.15) is 0 Å². The molecule has 6 nitrogen and oxygen atoms in total.